The zero-order valence-corrected chi connectivity index (χ0v) is 16.5. The van der Waals surface area contributed by atoms with Gasteiger partial charge in [0.25, 0.3) is 0 Å². The molecule has 2 atom stereocenters. The van der Waals surface area contributed by atoms with Crippen molar-refractivity contribution in [3.8, 4) is 17.2 Å². The van der Waals surface area contributed by atoms with E-state index in [-0.39, 0.29) is 0 Å². The molecule has 144 valence electrons. The van der Waals surface area contributed by atoms with E-state index in [1.165, 1.54) is 10.8 Å². The van der Waals surface area contributed by atoms with E-state index in [9.17, 15) is 15.2 Å². The van der Waals surface area contributed by atoms with Gasteiger partial charge in [0, 0.05) is 12.7 Å². The second kappa shape index (κ2) is 7.44. The molecular formula is C25H22N2O2. The zero-order valence-electron chi connectivity index (χ0n) is 16.5. The van der Waals surface area contributed by atoms with Crippen LogP contribution in [-0.4, -0.2) is 29.1 Å². The largest absolute Gasteiger partial charge is 0.480 e. The Labute approximate surface area is 170 Å². The molecule has 3 aromatic carbocycles. The third-order valence-electron chi connectivity index (χ3n) is 5.86. The van der Waals surface area contributed by atoms with Gasteiger partial charge in [0.15, 0.2) is 0 Å². The van der Waals surface area contributed by atoms with E-state index in [1.807, 2.05) is 49.4 Å². The number of carbonyl (C=O) groups is 1. The quantitative estimate of drug-likeness (QED) is 0.675. The van der Waals surface area contributed by atoms with Crippen LogP contribution in [0.4, 0.5) is 0 Å². The normalized spacial score (nSPS) is 18.9. The first-order valence-corrected chi connectivity index (χ1v) is 9.73. The first-order chi connectivity index (χ1) is 14.1. The minimum absolute atomic E-state index is 0.459. The monoisotopic (exact) mass is 382 g/mol. The molecule has 1 aliphatic heterocycles. The van der Waals surface area contributed by atoms with E-state index in [0.29, 0.717) is 12.0 Å². The molecule has 0 spiro atoms. The van der Waals surface area contributed by atoms with Crippen molar-refractivity contribution in [2.24, 2.45) is 0 Å². The van der Waals surface area contributed by atoms with Crippen LogP contribution in [-0.2, 0) is 4.79 Å². The van der Waals surface area contributed by atoms with Crippen LogP contribution < -0.4 is 0 Å². The van der Waals surface area contributed by atoms with Crippen molar-refractivity contribution in [3.05, 3.63) is 83.6 Å². The zero-order chi connectivity index (χ0) is 20.5. The van der Waals surface area contributed by atoms with Gasteiger partial charge in [-0.3, -0.25) is 0 Å². The topological polar surface area (TPSA) is 64.3 Å². The van der Waals surface area contributed by atoms with E-state index < -0.39 is 17.9 Å². The van der Waals surface area contributed by atoms with Crippen LogP contribution in [0.2, 0.25) is 0 Å². The molecule has 0 saturated heterocycles. The highest BCUT2D eigenvalue weighted by atomic mass is 16.4. The number of carboxylic acid groups (broad SMARTS) is 1. The molecule has 0 radical (unpaired) electrons. The molecule has 0 saturated carbocycles. The maximum absolute atomic E-state index is 12.0. The van der Waals surface area contributed by atoms with Crippen molar-refractivity contribution in [3.63, 3.8) is 0 Å². The summed E-state index contributed by atoms with van der Waals surface area (Å²) in [5.41, 5.74) is 4.43. The number of carboxylic acids is 1. The van der Waals surface area contributed by atoms with Crippen molar-refractivity contribution in [2.75, 3.05) is 7.05 Å². The molecule has 4 nitrogen and oxygen atoms in total. The second-order valence-corrected chi connectivity index (χ2v) is 7.35. The lowest BCUT2D eigenvalue weighted by Crippen LogP contribution is -2.37. The van der Waals surface area contributed by atoms with Crippen LogP contribution in [0.15, 0.2) is 78.0 Å². The van der Waals surface area contributed by atoms with Crippen LogP contribution in [0.1, 0.15) is 24.8 Å². The Kier molecular flexibility index (Phi) is 4.82. The lowest BCUT2D eigenvalue weighted by atomic mass is 9.86. The SMILES string of the molecule is CCC1=C(C#N)C(c2ccc(-c3cccc4ccccc34)cc2)C(C(=O)O)N1C. The van der Waals surface area contributed by atoms with Crippen LogP contribution in [0.5, 0.6) is 0 Å². The van der Waals surface area contributed by atoms with Gasteiger partial charge in [-0.1, -0.05) is 73.7 Å². The molecule has 3 aromatic rings. The number of fused-ring (bicyclic) bond motifs is 1. The van der Waals surface area contributed by atoms with Crippen molar-refractivity contribution in [1.29, 1.82) is 5.26 Å². The Balaban J connectivity index is 1.78. The Hall–Kier alpha value is -3.58. The average molecular weight is 382 g/mol. The molecule has 0 aliphatic carbocycles. The van der Waals surface area contributed by atoms with Gasteiger partial charge in [-0.25, -0.2) is 4.79 Å². The van der Waals surface area contributed by atoms with Gasteiger partial charge in [0.05, 0.1) is 17.6 Å². The van der Waals surface area contributed by atoms with Crippen LogP contribution >= 0.6 is 0 Å². The fourth-order valence-corrected chi connectivity index (χ4v) is 4.50. The first kappa shape index (κ1) is 18.8. The third-order valence-corrected chi connectivity index (χ3v) is 5.86. The lowest BCUT2D eigenvalue weighted by Gasteiger charge is -2.25. The van der Waals surface area contributed by atoms with Gasteiger partial charge in [-0.2, -0.15) is 5.26 Å². The molecule has 0 bridgehead atoms. The molecule has 29 heavy (non-hydrogen) atoms. The summed E-state index contributed by atoms with van der Waals surface area (Å²) < 4.78 is 0. The van der Waals surface area contributed by atoms with Gasteiger partial charge >= 0.3 is 5.97 Å². The smallest absolute Gasteiger partial charge is 0.327 e. The Bertz CT molecular complexity index is 1150. The fraction of sp³-hybridized carbons (Fsp3) is 0.200. The van der Waals surface area contributed by atoms with E-state index >= 15 is 0 Å². The summed E-state index contributed by atoms with van der Waals surface area (Å²) in [7, 11) is 1.76. The highest BCUT2D eigenvalue weighted by molar-refractivity contribution is 5.96. The van der Waals surface area contributed by atoms with Gasteiger partial charge in [-0.05, 0) is 33.9 Å². The number of rotatable bonds is 4. The van der Waals surface area contributed by atoms with Gasteiger partial charge < -0.3 is 10.0 Å². The summed E-state index contributed by atoms with van der Waals surface area (Å²) in [6.07, 6.45) is 0.633. The maximum Gasteiger partial charge on any atom is 0.327 e. The molecule has 1 N–H and O–H groups in total. The predicted octanol–water partition coefficient (Wildman–Crippen LogP) is 5.18. The van der Waals surface area contributed by atoms with Gasteiger partial charge in [0.2, 0.25) is 0 Å². The highest BCUT2D eigenvalue weighted by Gasteiger charge is 2.43. The minimum atomic E-state index is -0.910. The summed E-state index contributed by atoms with van der Waals surface area (Å²) >= 11 is 0. The van der Waals surface area contributed by atoms with E-state index in [4.69, 9.17) is 0 Å². The Morgan fingerprint density at radius 2 is 1.76 bits per heavy atom. The molecule has 4 heteroatoms. The summed E-state index contributed by atoms with van der Waals surface area (Å²) in [6.45, 7) is 1.95. The standard InChI is InChI=1S/C25H22N2O2/c1-3-22-21(15-26)23(24(25(28)29)27(22)2)18-13-11-17(12-14-18)20-10-6-8-16-7-4-5-9-19(16)20/h4-14,23-24H,3H2,1-2H3,(H,28,29). The van der Waals surface area contributed by atoms with E-state index in [2.05, 4.69) is 30.3 Å². The first-order valence-electron chi connectivity index (χ1n) is 9.73. The number of nitriles is 1. The van der Waals surface area contributed by atoms with E-state index in [1.54, 1.807) is 11.9 Å². The molecule has 4 rings (SSSR count). The van der Waals surface area contributed by atoms with Crippen molar-refractivity contribution in [2.45, 2.75) is 25.3 Å². The number of allylic oxidation sites excluding steroid dienone is 1. The number of likely N-dealkylation sites (N-methyl/N-ethyl adjacent to an activating group) is 1. The molecule has 0 aromatic heterocycles. The Morgan fingerprint density at radius 1 is 1.07 bits per heavy atom. The molecule has 0 amide bonds. The highest BCUT2D eigenvalue weighted by Crippen LogP contribution is 2.42. The maximum atomic E-state index is 12.0. The van der Waals surface area contributed by atoms with Crippen molar-refractivity contribution < 1.29 is 9.90 Å². The summed E-state index contributed by atoms with van der Waals surface area (Å²) in [6, 6.07) is 24.0. The second-order valence-electron chi connectivity index (χ2n) is 7.35. The molecule has 1 heterocycles. The van der Waals surface area contributed by atoms with Crippen molar-refractivity contribution in [1.82, 2.24) is 4.90 Å². The van der Waals surface area contributed by atoms with Crippen LogP contribution in [0.25, 0.3) is 21.9 Å². The summed E-state index contributed by atoms with van der Waals surface area (Å²) in [5, 5.41) is 21.9. The summed E-state index contributed by atoms with van der Waals surface area (Å²) in [5.74, 6) is -1.37. The fourth-order valence-electron chi connectivity index (χ4n) is 4.50. The number of hydrogen-bond acceptors (Lipinski definition) is 3. The minimum Gasteiger partial charge on any atom is -0.480 e. The number of benzene rings is 3. The lowest BCUT2D eigenvalue weighted by molar-refractivity contribution is -0.142. The summed E-state index contributed by atoms with van der Waals surface area (Å²) in [4.78, 5) is 13.7. The predicted molar refractivity (Wildman–Crippen MR) is 114 cm³/mol. The van der Waals surface area contributed by atoms with Crippen LogP contribution in [0, 0.1) is 11.3 Å². The van der Waals surface area contributed by atoms with Crippen molar-refractivity contribution >= 4 is 16.7 Å². The molecule has 2 unspecified atom stereocenters. The van der Waals surface area contributed by atoms with Gasteiger partial charge in [0.1, 0.15) is 6.04 Å². The molecule has 1 aliphatic rings. The molecular weight excluding hydrogens is 360 g/mol. The average Bonchev–Trinajstić information content (AvgIpc) is 3.05. The van der Waals surface area contributed by atoms with Gasteiger partial charge in [-0.15, -0.1) is 0 Å². The number of nitrogens with zero attached hydrogens (tertiary/aromatic N) is 2. The third kappa shape index (κ3) is 3.05. The molecule has 0 fully saturated rings. The number of hydrogen-bond donors (Lipinski definition) is 1. The number of aliphatic carboxylic acids is 1. The van der Waals surface area contributed by atoms with E-state index in [0.717, 1.165) is 22.4 Å². The Morgan fingerprint density at radius 3 is 2.41 bits per heavy atom. The van der Waals surface area contributed by atoms with Crippen LogP contribution in [0.3, 0.4) is 0 Å².